The van der Waals surface area contributed by atoms with Crippen LogP contribution in [0.4, 0.5) is 5.13 Å². The van der Waals surface area contributed by atoms with Crippen molar-refractivity contribution in [1.82, 2.24) is 4.98 Å². The molecule has 2 rings (SSSR count). The normalized spacial score (nSPS) is 12.4. The van der Waals surface area contributed by atoms with Crippen molar-refractivity contribution in [1.29, 1.82) is 0 Å². The molecule has 0 aliphatic rings. The molecule has 0 saturated carbocycles. The maximum atomic E-state index is 11.1. The number of carbonyl (C=O) groups is 1. The minimum Gasteiger partial charge on any atom is -0.481 e. The summed E-state index contributed by atoms with van der Waals surface area (Å²) in [6.07, 6.45) is 0. The number of anilines is 1. The van der Waals surface area contributed by atoms with Gasteiger partial charge in [-0.1, -0.05) is 51.1 Å². The fraction of sp³-hybridized carbons (Fsp3) is 0.412. The summed E-state index contributed by atoms with van der Waals surface area (Å²) in [5, 5.41) is 12.1. The highest BCUT2D eigenvalue weighted by Gasteiger charge is 2.20. The van der Waals surface area contributed by atoms with Crippen LogP contribution in [0.15, 0.2) is 35.7 Å². The number of aliphatic carboxylic acids is 1. The van der Waals surface area contributed by atoms with Gasteiger partial charge in [0.1, 0.15) is 0 Å². The van der Waals surface area contributed by atoms with E-state index < -0.39 is 11.9 Å². The summed E-state index contributed by atoms with van der Waals surface area (Å²) in [4.78, 5) is 17.9. The molecular formula is C17H22N2O2S. The van der Waals surface area contributed by atoms with Gasteiger partial charge in [-0.05, 0) is 5.92 Å². The molecule has 1 atom stereocenters. The first-order valence-electron chi connectivity index (χ1n) is 7.46. The molecule has 1 unspecified atom stereocenters. The van der Waals surface area contributed by atoms with E-state index in [1.165, 1.54) is 0 Å². The zero-order valence-electron chi connectivity index (χ0n) is 13.2. The first-order chi connectivity index (χ1) is 10.5. The Hall–Kier alpha value is -1.88. The molecule has 0 spiro atoms. The van der Waals surface area contributed by atoms with Gasteiger partial charge in [0.25, 0.3) is 0 Å². The van der Waals surface area contributed by atoms with E-state index in [9.17, 15) is 4.79 Å². The molecule has 1 heterocycles. The Balaban J connectivity index is 2.21. The molecule has 0 radical (unpaired) electrons. The predicted molar refractivity (Wildman–Crippen MR) is 91.4 cm³/mol. The third-order valence-electron chi connectivity index (χ3n) is 3.33. The summed E-state index contributed by atoms with van der Waals surface area (Å²) in [5.41, 5.74) is 2.03. The summed E-state index contributed by atoms with van der Waals surface area (Å²) < 4.78 is 0. The Labute approximate surface area is 135 Å². The van der Waals surface area contributed by atoms with Crippen LogP contribution >= 0.6 is 11.3 Å². The van der Waals surface area contributed by atoms with Gasteiger partial charge in [-0.25, -0.2) is 4.98 Å². The molecule has 0 amide bonds. The van der Waals surface area contributed by atoms with Crippen LogP contribution in [-0.2, 0) is 4.79 Å². The average Bonchev–Trinajstić information content (AvgIpc) is 2.96. The van der Waals surface area contributed by atoms with Gasteiger partial charge in [0.15, 0.2) is 5.13 Å². The molecule has 1 N–H and O–H groups in total. The lowest BCUT2D eigenvalue weighted by Gasteiger charge is -2.25. The van der Waals surface area contributed by atoms with E-state index in [1.807, 2.05) is 35.7 Å². The minimum absolute atomic E-state index is 0.414. The third-order valence-corrected chi connectivity index (χ3v) is 4.23. The zero-order valence-corrected chi connectivity index (χ0v) is 14.0. The highest BCUT2D eigenvalue weighted by molar-refractivity contribution is 7.14. The van der Waals surface area contributed by atoms with Crippen LogP contribution in [0.25, 0.3) is 11.3 Å². The SMILES string of the molecule is CC(C)CN(CC(C)C(=O)O)c1nc(-c2ccccc2)cs1. The maximum Gasteiger partial charge on any atom is 0.308 e. The van der Waals surface area contributed by atoms with Gasteiger partial charge in [-0.3, -0.25) is 4.79 Å². The topological polar surface area (TPSA) is 53.4 Å². The molecule has 118 valence electrons. The Kier molecular flexibility index (Phi) is 5.55. The number of hydrogen-bond donors (Lipinski definition) is 1. The standard InChI is InChI=1S/C17H22N2O2S/c1-12(2)9-19(10-13(3)16(20)21)17-18-15(11-22-17)14-7-5-4-6-8-14/h4-8,11-13H,9-10H2,1-3H3,(H,20,21). The monoisotopic (exact) mass is 318 g/mol. The molecule has 2 aromatic rings. The fourth-order valence-corrected chi connectivity index (χ4v) is 3.09. The van der Waals surface area contributed by atoms with Crippen LogP contribution in [0.3, 0.4) is 0 Å². The zero-order chi connectivity index (χ0) is 16.1. The highest BCUT2D eigenvalue weighted by atomic mass is 32.1. The first kappa shape index (κ1) is 16.5. The Morgan fingerprint density at radius 3 is 2.50 bits per heavy atom. The van der Waals surface area contributed by atoms with Gasteiger partial charge >= 0.3 is 5.97 Å². The van der Waals surface area contributed by atoms with E-state index in [1.54, 1.807) is 18.3 Å². The van der Waals surface area contributed by atoms with E-state index in [2.05, 4.69) is 18.7 Å². The predicted octanol–water partition coefficient (Wildman–Crippen LogP) is 3.99. The van der Waals surface area contributed by atoms with Crippen molar-refractivity contribution < 1.29 is 9.90 Å². The highest BCUT2D eigenvalue weighted by Crippen LogP contribution is 2.28. The number of rotatable bonds is 7. The smallest absolute Gasteiger partial charge is 0.308 e. The fourth-order valence-electron chi connectivity index (χ4n) is 2.23. The maximum absolute atomic E-state index is 11.1. The quantitative estimate of drug-likeness (QED) is 0.838. The van der Waals surface area contributed by atoms with Gasteiger partial charge in [-0.15, -0.1) is 11.3 Å². The largest absolute Gasteiger partial charge is 0.481 e. The molecule has 0 bridgehead atoms. The molecule has 5 heteroatoms. The van der Waals surface area contributed by atoms with Gasteiger partial charge in [0, 0.05) is 24.0 Å². The molecule has 1 aromatic heterocycles. The second-order valence-electron chi connectivity index (χ2n) is 5.92. The molecule has 1 aromatic carbocycles. The Bertz CT molecular complexity index is 610. The average molecular weight is 318 g/mol. The van der Waals surface area contributed by atoms with E-state index in [-0.39, 0.29) is 0 Å². The summed E-state index contributed by atoms with van der Waals surface area (Å²) in [7, 11) is 0. The summed E-state index contributed by atoms with van der Waals surface area (Å²) in [6, 6.07) is 10.0. The lowest BCUT2D eigenvalue weighted by Crippen LogP contribution is -2.34. The molecule has 0 fully saturated rings. The summed E-state index contributed by atoms with van der Waals surface area (Å²) >= 11 is 1.57. The van der Waals surface area contributed by atoms with Crippen LogP contribution in [0, 0.1) is 11.8 Å². The van der Waals surface area contributed by atoms with Gasteiger partial charge in [0.2, 0.25) is 0 Å². The van der Waals surface area contributed by atoms with Gasteiger partial charge in [-0.2, -0.15) is 0 Å². The molecule has 0 aliphatic heterocycles. The third kappa shape index (κ3) is 4.31. The number of nitrogens with zero attached hydrogens (tertiary/aromatic N) is 2. The van der Waals surface area contributed by atoms with Crippen molar-refractivity contribution in [3.63, 3.8) is 0 Å². The van der Waals surface area contributed by atoms with Crippen molar-refractivity contribution in [3.05, 3.63) is 35.7 Å². The van der Waals surface area contributed by atoms with Gasteiger partial charge in [0.05, 0.1) is 11.6 Å². The second-order valence-corrected chi connectivity index (χ2v) is 6.76. The molecule has 22 heavy (non-hydrogen) atoms. The van der Waals surface area contributed by atoms with Crippen molar-refractivity contribution in [2.45, 2.75) is 20.8 Å². The number of aromatic nitrogens is 1. The number of thiazole rings is 1. The van der Waals surface area contributed by atoms with Crippen molar-refractivity contribution >= 4 is 22.4 Å². The first-order valence-corrected chi connectivity index (χ1v) is 8.34. The van der Waals surface area contributed by atoms with Gasteiger partial charge < -0.3 is 10.0 Å². The van der Waals surface area contributed by atoms with Crippen molar-refractivity contribution in [2.24, 2.45) is 11.8 Å². The van der Waals surface area contributed by atoms with Crippen molar-refractivity contribution in [3.8, 4) is 11.3 Å². The summed E-state index contributed by atoms with van der Waals surface area (Å²) in [6.45, 7) is 7.28. The number of benzene rings is 1. The van der Waals surface area contributed by atoms with Crippen molar-refractivity contribution in [2.75, 3.05) is 18.0 Å². The van der Waals surface area contributed by atoms with Crippen LogP contribution in [-0.4, -0.2) is 29.1 Å². The number of carboxylic acids is 1. The molecule has 4 nitrogen and oxygen atoms in total. The summed E-state index contributed by atoms with van der Waals surface area (Å²) in [5.74, 6) is -0.735. The van der Waals surface area contributed by atoms with Crippen LogP contribution in [0.2, 0.25) is 0 Å². The Morgan fingerprint density at radius 2 is 1.91 bits per heavy atom. The van der Waals surface area contributed by atoms with E-state index >= 15 is 0 Å². The van der Waals surface area contributed by atoms with Crippen LogP contribution < -0.4 is 4.90 Å². The number of carboxylic acid groups (broad SMARTS) is 1. The molecule has 0 saturated heterocycles. The van der Waals surface area contributed by atoms with E-state index in [0.29, 0.717) is 12.5 Å². The van der Waals surface area contributed by atoms with Crippen LogP contribution in [0.5, 0.6) is 0 Å². The molecular weight excluding hydrogens is 296 g/mol. The minimum atomic E-state index is -0.770. The Morgan fingerprint density at radius 1 is 1.23 bits per heavy atom. The molecule has 0 aliphatic carbocycles. The lowest BCUT2D eigenvalue weighted by atomic mass is 10.1. The lowest BCUT2D eigenvalue weighted by molar-refractivity contribution is -0.140. The van der Waals surface area contributed by atoms with E-state index in [4.69, 9.17) is 10.1 Å². The number of hydrogen-bond acceptors (Lipinski definition) is 4. The second kappa shape index (κ2) is 7.40. The van der Waals surface area contributed by atoms with Crippen LogP contribution in [0.1, 0.15) is 20.8 Å². The van der Waals surface area contributed by atoms with E-state index in [0.717, 1.165) is 22.9 Å².